The quantitative estimate of drug-likeness (QED) is 0.394. The molecule has 3 aromatic carbocycles. The summed E-state index contributed by atoms with van der Waals surface area (Å²) in [5.74, 6) is -0.207. The molecule has 0 spiro atoms. The SMILES string of the molecule is CCN(CC)c1ccc(CCC(NC(=O)Cc2ccccc2)NC(=O)Cc2ccccc2)cc1. The van der Waals surface area contributed by atoms with Gasteiger partial charge in [-0.25, -0.2) is 0 Å². The molecule has 0 aromatic heterocycles. The smallest absolute Gasteiger partial charge is 0.226 e. The fourth-order valence-electron chi connectivity index (χ4n) is 4.01. The van der Waals surface area contributed by atoms with Crippen molar-refractivity contribution in [2.75, 3.05) is 18.0 Å². The van der Waals surface area contributed by atoms with Gasteiger partial charge >= 0.3 is 0 Å². The van der Waals surface area contributed by atoms with E-state index in [0.29, 0.717) is 6.42 Å². The van der Waals surface area contributed by atoms with Crippen LogP contribution in [-0.4, -0.2) is 31.1 Å². The number of carbonyl (C=O) groups is 2. The van der Waals surface area contributed by atoms with Crippen LogP contribution in [0.25, 0.3) is 0 Å². The molecule has 5 heteroatoms. The molecular weight excluding hydrogens is 422 g/mol. The maximum Gasteiger partial charge on any atom is 0.226 e. The summed E-state index contributed by atoms with van der Waals surface area (Å²) in [5, 5.41) is 6.04. The van der Waals surface area contributed by atoms with Crippen LogP contribution < -0.4 is 15.5 Å². The van der Waals surface area contributed by atoms with Crippen LogP contribution in [0.4, 0.5) is 5.69 Å². The van der Waals surface area contributed by atoms with E-state index in [0.717, 1.165) is 30.6 Å². The lowest BCUT2D eigenvalue weighted by atomic mass is 10.1. The number of nitrogens with one attached hydrogen (secondary N) is 2. The highest BCUT2D eigenvalue weighted by molar-refractivity contribution is 5.81. The molecule has 3 rings (SSSR count). The number of hydrogen-bond donors (Lipinski definition) is 2. The summed E-state index contributed by atoms with van der Waals surface area (Å²) in [6, 6.07) is 27.8. The second-order valence-corrected chi connectivity index (χ2v) is 8.39. The molecule has 3 aromatic rings. The van der Waals surface area contributed by atoms with E-state index in [2.05, 4.69) is 53.6 Å². The predicted octanol–water partition coefficient (Wildman–Crippen LogP) is 4.51. The Morgan fingerprint density at radius 1 is 0.676 bits per heavy atom. The zero-order valence-electron chi connectivity index (χ0n) is 20.2. The first-order chi connectivity index (χ1) is 16.6. The minimum absolute atomic E-state index is 0.104. The molecule has 0 radical (unpaired) electrons. The van der Waals surface area contributed by atoms with Gasteiger partial charge in [-0.3, -0.25) is 9.59 Å². The van der Waals surface area contributed by atoms with Crippen molar-refractivity contribution in [3.05, 3.63) is 102 Å². The van der Waals surface area contributed by atoms with Crippen LogP contribution in [0.2, 0.25) is 0 Å². The van der Waals surface area contributed by atoms with Crippen molar-refractivity contribution in [2.24, 2.45) is 0 Å². The second kappa shape index (κ2) is 13.2. The van der Waals surface area contributed by atoms with E-state index in [1.165, 1.54) is 11.3 Å². The monoisotopic (exact) mass is 457 g/mol. The number of aryl methyl sites for hydroxylation is 1. The lowest BCUT2D eigenvalue weighted by Gasteiger charge is -2.22. The lowest BCUT2D eigenvalue weighted by Crippen LogP contribution is -2.49. The van der Waals surface area contributed by atoms with E-state index in [-0.39, 0.29) is 24.7 Å². The average molecular weight is 458 g/mol. The lowest BCUT2D eigenvalue weighted by molar-refractivity contribution is -0.123. The average Bonchev–Trinajstić information content (AvgIpc) is 2.85. The van der Waals surface area contributed by atoms with Crippen molar-refractivity contribution in [1.82, 2.24) is 10.6 Å². The molecule has 2 N–H and O–H groups in total. The minimum atomic E-state index is -0.435. The number of carbonyl (C=O) groups excluding carboxylic acids is 2. The maximum absolute atomic E-state index is 12.7. The Kier molecular flexibility index (Phi) is 9.71. The highest BCUT2D eigenvalue weighted by Gasteiger charge is 2.16. The normalized spacial score (nSPS) is 10.7. The molecule has 5 nitrogen and oxygen atoms in total. The van der Waals surface area contributed by atoms with Crippen molar-refractivity contribution < 1.29 is 9.59 Å². The number of anilines is 1. The number of rotatable bonds is 12. The Morgan fingerprint density at radius 2 is 1.15 bits per heavy atom. The second-order valence-electron chi connectivity index (χ2n) is 8.39. The number of amides is 2. The first-order valence-corrected chi connectivity index (χ1v) is 12.1. The topological polar surface area (TPSA) is 61.4 Å². The summed E-state index contributed by atoms with van der Waals surface area (Å²) < 4.78 is 0. The molecule has 34 heavy (non-hydrogen) atoms. The van der Waals surface area contributed by atoms with Gasteiger partial charge < -0.3 is 15.5 Å². The van der Waals surface area contributed by atoms with E-state index < -0.39 is 6.17 Å². The zero-order chi connectivity index (χ0) is 24.2. The van der Waals surface area contributed by atoms with Crippen LogP contribution in [0.3, 0.4) is 0 Å². The van der Waals surface area contributed by atoms with Gasteiger partial charge in [0.15, 0.2) is 0 Å². The third kappa shape index (κ3) is 8.07. The summed E-state index contributed by atoms with van der Waals surface area (Å²) in [6.45, 7) is 6.24. The zero-order valence-corrected chi connectivity index (χ0v) is 20.2. The van der Waals surface area contributed by atoms with Crippen LogP contribution in [0.15, 0.2) is 84.9 Å². The molecule has 0 aliphatic rings. The minimum Gasteiger partial charge on any atom is -0.372 e. The van der Waals surface area contributed by atoms with Crippen LogP contribution in [0, 0.1) is 0 Å². The summed E-state index contributed by atoms with van der Waals surface area (Å²) >= 11 is 0. The first kappa shape index (κ1) is 25.0. The molecule has 178 valence electrons. The Labute approximate surface area is 203 Å². The van der Waals surface area contributed by atoms with Crippen LogP contribution in [0.5, 0.6) is 0 Å². The van der Waals surface area contributed by atoms with Gasteiger partial charge in [0.2, 0.25) is 11.8 Å². The van der Waals surface area contributed by atoms with Gasteiger partial charge in [-0.1, -0.05) is 72.8 Å². The molecular formula is C29H35N3O2. The largest absolute Gasteiger partial charge is 0.372 e. The fourth-order valence-corrected chi connectivity index (χ4v) is 4.01. The van der Waals surface area contributed by atoms with E-state index in [4.69, 9.17) is 0 Å². The fraction of sp³-hybridized carbons (Fsp3) is 0.310. The number of benzene rings is 3. The predicted molar refractivity (Wildman–Crippen MR) is 139 cm³/mol. The van der Waals surface area contributed by atoms with Crippen LogP contribution in [0.1, 0.15) is 37.0 Å². The van der Waals surface area contributed by atoms with Crippen molar-refractivity contribution in [3.63, 3.8) is 0 Å². The van der Waals surface area contributed by atoms with Crippen molar-refractivity contribution in [3.8, 4) is 0 Å². The van der Waals surface area contributed by atoms with Gasteiger partial charge in [0.25, 0.3) is 0 Å². The molecule has 0 saturated carbocycles. The summed E-state index contributed by atoms with van der Waals surface area (Å²) in [6.07, 6.45) is 1.50. The molecule has 0 bridgehead atoms. The Bertz CT molecular complexity index is 961. The molecule has 0 fully saturated rings. The van der Waals surface area contributed by atoms with Gasteiger partial charge in [0, 0.05) is 18.8 Å². The third-order valence-electron chi connectivity index (χ3n) is 5.87. The Balaban J connectivity index is 1.62. The van der Waals surface area contributed by atoms with Crippen molar-refractivity contribution in [2.45, 2.75) is 45.7 Å². The summed E-state index contributed by atoms with van der Waals surface area (Å²) in [5.41, 5.74) is 4.27. The summed E-state index contributed by atoms with van der Waals surface area (Å²) in [4.78, 5) is 27.7. The number of hydrogen-bond acceptors (Lipinski definition) is 3. The third-order valence-corrected chi connectivity index (χ3v) is 5.87. The van der Waals surface area contributed by atoms with Gasteiger partial charge in [0.1, 0.15) is 6.17 Å². The van der Waals surface area contributed by atoms with Gasteiger partial charge in [-0.05, 0) is 55.5 Å². The van der Waals surface area contributed by atoms with Crippen LogP contribution in [-0.2, 0) is 28.9 Å². The highest BCUT2D eigenvalue weighted by atomic mass is 16.2. The molecule has 0 atom stereocenters. The highest BCUT2D eigenvalue weighted by Crippen LogP contribution is 2.16. The first-order valence-electron chi connectivity index (χ1n) is 12.1. The standard InChI is InChI=1S/C29H35N3O2/c1-3-32(4-2)26-18-15-23(16-19-26)17-20-27(30-28(33)21-24-11-7-5-8-12-24)31-29(34)22-25-13-9-6-10-14-25/h5-16,18-19,27H,3-4,17,20-22H2,1-2H3,(H,30,33)(H,31,34). The van der Waals surface area contributed by atoms with Gasteiger partial charge in [0.05, 0.1) is 12.8 Å². The molecule has 0 saturated heterocycles. The Morgan fingerprint density at radius 3 is 1.59 bits per heavy atom. The van der Waals surface area contributed by atoms with E-state index in [1.54, 1.807) is 0 Å². The van der Waals surface area contributed by atoms with E-state index in [1.807, 2.05) is 60.7 Å². The molecule has 0 aliphatic heterocycles. The van der Waals surface area contributed by atoms with E-state index >= 15 is 0 Å². The Hall–Kier alpha value is -3.60. The molecule has 0 unspecified atom stereocenters. The van der Waals surface area contributed by atoms with Crippen LogP contribution >= 0.6 is 0 Å². The van der Waals surface area contributed by atoms with Crippen molar-refractivity contribution in [1.29, 1.82) is 0 Å². The van der Waals surface area contributed by atoms with Crippen molar-refractivity contribution >= 4 is 17.5 Å². The summed E-state index contributed by atoms with van der Waals surface area (Å²) in [7, 11) is 0. The van der Waals surface area contributed by atoms with E-state index in [9.17, 15) is 9.59 Å². The van der Waals surface area contributed by atoms with Gasteiger partial charge in [-0.2, -0.15) is 0 Å². The maximum atomic E-state index is 12.7. The number of nitrogens with zero attached hydrogens (tertiary/aromatic N) is 1. The molecule has 0 aliphatic carbocycles. The molecule has 0 heterocycles. The van der Waals surface area contributed by atoms with Gasteiger partial charge in [-0.15, -0.1) is 0 Å². The molecule has 2 amide bonds.